The summed E-state index contributed by atoms with van der Waals surface area (Å²) in [6, 6.07) is 0. The maximum absolute atomic E-state index is 12.1. The number of carboxylic acid groups (broad SMARTS) is 1. The van der Waals surface area contributed by atoms with Crippen LogP contribution in [0.5, 0.6) is 0 Å². The summed E-state index contributed by atoms with van der Waals surface area (Å²) < 4.78 is -0.583. The van der Waals surface area contributed by atoms with Crippen molar-refractivity contribution in [3.8, 4) is 0 Å². The minimum Gasteiger partial charge on any atom is -0.479 e. The van der Waals surface area contributed by atoms with Gasteiger partial charge in [-0.15, -0.1) is 11.8 Å². The minimum absolute atomic E-state index is 0.289. The molecule has 0 saturated carbocycles. The van der Waals surface area contributed by atoms with Gasteiger partial charge in [0.15, 0.2) is 5.54 Å². The zero-order valence-corrected chi connectivity index (χ0v) is 11.5. The number of carboxylic acids is 1. The van der Waals surface area contributed by atoms with Gasteiger partial charge in [0.05, 0.1) is 0 Å². The Bertz CT molecular complexity index is 434. The van der Waals surface area contributed by atoms with Gasteiger partial charge in [0.25, 0.3) is 0 Å². The van der Waals surface area contributed by atoms with Crippen LogP contribution in [0.15, 0.2) is 0 Å². The summed E-state index contributed by atoms with van der Waals surface area (Å²) in [7, 11) is 0. The summed E-state index contributed by atoms with van der Waals surface area (Å²) in [5.74, 6) is -1.27. The molecule has 2 heterocycles. The van der Waals surface area contributed by atoms with Crippen molar-refractivity contribution in [2.45, 2.75) is 55.3 Å². The molecule has 2 fully saturated rings. The van der Waals surface area contributed by atoms with E-state index in [1.54, 1.807) is 13.8 Å². The normalized spacial score (nSPS) is 47.6. The lowest BCUT2D eigenvalue weighted by molar-refractivity contribution is -0.182. The first kappa shape index (κ1) is 12.7. The van der Waals surface area contributed by atoms with Gasteiger partial charge >= 0.3 is 5.97 Å². The quantitative estimate of drug-likeness (QED) is 0.674. The molecular weight excluding hydrogens is 240 g/mol. The van der Waals surface area contributed by atoms with Gasteiger partial charge in [-0.25, -0.2) is 4.79 Å². The zero-order chi connectivity index (χ0) is 13.4. The third kappa shape index (κ3) is 1.02. The fourth-order valence-corrected chi connectivity index (χ4v) is 4.83. The number of carbonyl (C=O) groups is 2. The standard InChI is InChI=1S/C11H18N2O3S/c1-8(2)10(4,7(15)16)13-6(14)9(3,12)11(13,5)17-8/h12H2,1-5H3,(H,15,16)/t9-,10-,11-/m0/s1. The molecule has 3 N–H and O–H groups in total. The summed E-state index contributed by atoms with van der Waals surface area (Å²) in [5.41, 5.74) is 3.80. The highest BCUT2D eigenvalue weighted by atomic mass is 32.2. The van der Waals surface area contributed by atoms with E-state index in [-0.39, 0.29) is 5.91 Å². The number of nitrogens with zero attached hydrogens (tertiary/aromatic N) is 1. The molecule has 3 atom stereocenters. The number of β-lactam (4-membered cyclic amide) rings is 1. The van der Waals surface area contributed by atoms with Gasteiger partial charge in [-0.3, -0.25) is 4.79 Å². The third-order valence-corrected chi connectivity index (χ3v) is 6.44. The summed E-state index contributed by atoms with van der Waals surface area (Å²) in [6.07, 6.45) is 0. The van der Waals surface area contributed by atoms with E-state index in [9.17, 15) is 14.7 Å². The Morgan fingerprint density at radius 3 is 2.18 bits per heavy atom. The Balaban J connectivity index is 2.60. The Kier molecular flexibility index (Phi) is 2.09. The van der Waals surface area contributed by atoms with Crippen molar-refractivity contribution in [2.75, 3.05) is 0 Å². The van der Waals surface area contributed by atoms with E-state index in [0.717, 1.165) is 0 Å². The monoisotopic (exact) mass is 258 g/mol. The number of rotatable bonds is 1. The highest BCUT2D eigenvalue weighted by molar-refractivity contribution is 8.02. The minimum atomic E-state index is -1.22. The molecule has 0 radical (unpaired) electrons. The average molecular weight is 258 g/mol. The maximum atomic E-state index is 12.1. The molecule has 2 rings (SSSR count). The smallest absolute Gasteiger partial charge is 0.330 e. The maximum Gasteiger partial charge on any atom is 0.330 e. The van der Waals surface area contributed by atoms with E-state index in [1.165, 1.54) is 16.7 Å². The van der Waals surface area contributed by atoms with Gasteiger partial charge in [-0.1, -0.05) is 0 Å². The molecule has 96 valence electrons. The molecule has 5 nitrogen and oxygen atoms in total. The van der Waals surface area contributed by atoms with Crippen molar-refractivity contribution < 1.29 is 14.7 Å². The lowest BCUT2D eigenvalue weighted by atomic mass is 9.74. The Labute approximate surface area is 105 Å². The number of fused-ring (bicyclic) bond motifs is 1. The van der Waals surface area contributed by atoms with Gasteiger partial charge in [-0.05, 0) is 34.6 Å². The molecule has 0 unspecified atom stereocenters. The molecule has 0 aromatic rings. The first-order valence-corrected chi connectivity index (χ1v) is 6.32. The summed E-state index contributed by atoms with van der Waals surface area (Å²) in [6.45, 7) is 8.80. The Morgan fingerprint density at radius 2 is 1.76 bits per heavy atom. The van der Waals surface area contributed by atoms with Crippen molar-refractivity contribution in [1.29, 1.82) is 0 Å². The van der Waals surface area contributed by atoms with E-state index >= 15 is 0 Å². The summed E-state index contributed by atoms with van der Waals surface area (Å²) >= 11 is 1.47. The topological polar surface area (TPSA) is 83.6 Å². The van der Waals surface area contributed by atoms with E-state index in [0.29, 0.717) is 0 Å². The molecule has 2 aliphatic rings. The summed E-state index contributed by atoms with van der Waals surface area (Å²) in [5, 5.41) is 9.48. The van der Waals surface area contributed by atoms with Gasteiger partial charge in [0.2, 0.25) is 5.91 Å². The van der Waals surface area contributed by atoms with Gasteiger partial charge < -0.3 is 15.7 Å². The zero-order valence-electron chi connectivity index (χ0n) is 10.7. The lowest BCUT2D eigenvalue weighted by Gasteiger charge is -2.59. The van der Waals surface area contributed by atoms with Crippen LogP contribution in [0.1, 0.15) is 34.6 Å². The van der Waals surface area contributed by atoms with Crippen LogP contribution in [0, 0.1) is 0 Å². The molecule has 0 spiro atoms. The number of nitrogens with two attached hydrogens (primary N) is 1. The number of aliphatic carboxylic acids is 1. The summed E-state index contributed by atoms with van der Waals surface area (Å²) in [4.78, 5) is 24.5. The van der Waals surface area contributed by atoms with Crippen LogP contribution in [0.4, 0.5) is 0 Å². The van der Waals surface area contributed by atoms with Crippen molar-refractivity contribution >= 4 is 23.6 Å². The predicted molar refractivity (Wildman–Crippen MR) is 65.6 cm³/mol. The van der Waals surface area contributed by atoms with Crippen LogP contribution in [-0.2, 0) is 9.59 Å². The second-order valence-electron chi connectivity index (χ2n) is 5.82. The first-order chi connectivity index (χ1) is 7.43. The van der Waals surface area contributed by atoms with Gasteiger partial charge in [0.1, 0.15) is 10.4 Å². The average Bonchev–Trinajstić information content (AvgIpc) is 2.30. The van der Waals surface area contributed by atoms with Crippen molar-refractivity contribution in [3.63, 3.8) is 0 Å². The van der Waals surface area contributed by atoms with Crippen LogP contribution in [0.2, 0.25) is 0 Å². The second-order valence-corrected chi connectivity index (χ2v) is 7.84. The third-order valence-electron chi connectivity index (χ3n) is 4.53. The van der Waals surface area contributed by atoms with Crippen molar-refractivity contribution in [1.82, 2.24) is 4.90 Å². The number of hydrogen-bond acceptors (Lipinski definition) is 4. The predicted octanol–water partition coefficient (Wildman–Crippen LogP) is 0.631. The fourth-order valence-electron chi connectivity index (χ4n) is 2.80. The van der Waals surface area contributed by atoms with E-state index in [1.807, 2.05) is 20.8 Å². The van der Waals surface area contributed by atoms with Crippen LogP contribution in [0.3, 0.4) is 0 Å². The molecule has 0 aromatic heterocycles. The largest absolute Gasteiger partial charge is 0.479 e. The molecule has 2 aliphatic heterocycles. The number of carbonyl (C=O) groups excluding carboxylic acids is 1. The fraction of sp³-hybridized carbons (Fsp3) is 0.818. The number of thioether (sulfide) groups is 1. The molecule has 17 heavy (non-hydrogen) atoms. The van der Waals surface area contributed by atoms with E-state index < -0.39 is 26.7 Å². The molecule has 6 heteroatoms. The number of amides is 1. The van der Waals surface area contributed by atoms with E-state index in [2.05, 4.69) is 0 Å². The highest BCUT2D eigenvalue weighted by Gasteiger charge is 2.79. The molecule has 0 aromatic carbocycles. The van der Waals surface area contributed by atoms with Crippen LogP contribution >= 0.6 is 11.8 Å². The van der Waals surface area contributed by atoms with Crippen molar-refractivity contribution in [3.05, 3.63) is 0 Å². The van der Waals surface area contributed by atoms with Gasteiger partial charge in [0, 0.05) is 4.75 Å². The Hall–Kier alpha value is -0.750. The van der Waals surface area contributed by atoms with Gasteiger partial charge in [-0.2, -0.15) is 0 Å². The van der Waals surface area contributed by atoms with Crippen LogP contribution in [-0.4, -0.2) is 42.6 Å². The van der Waals surface area contributed by atoms with Crippen LogP contribution in [0.25, 0.3) is 0 Å². The van der Waals surface area contributed by atoms with E-state index in [4.69, 9.17) is 5.73 Å². The molecule has 0 bridgehead atoms. The molecule has 0 aliphatic carbocycles. The molecular formula is C11H18N2O3S. The lowest BCUT2D eigenvalue weighted by Crippen LogP contribution is -2.84. The molecule has 1 amide bonds. The second kappa shape index (κ2) is 2.80. The first-order valence-electron chi connectivity index (χ1n) is 5.50. The Morgan fingerprint density at radius 1 is 1.29 bits per heavy atom. The van der Waals surface area contributed by atoms with Crippen LogP contribution < -0.4 is 5.73 Å². The number of hydrogen-bond donors (Lipinski definition) is 2. The van der Waals surface area contributed by atoms with Crippen molar-refractivity contribution in [2.24, 2.45) is 5.73 Å². The highest BCUT2D eigenvalue weighted by Crippen LogP contribution is 2.65. The SMILES string of the molecule is CC1(C)S[C@]2(C)N(C(=O)[C@]2(C)N)[C@@]1(C)C(=O)O. The molecule has 2 saturated heterocycles.